The van der Waals surface area contributed by atoms with Crippen molar-refractivity contribution in [3.8, 4) is 0 Å². The summed E-state index contributed by atoms with van der Waals surface area (Å²) in [4.78, 5) is 0. The van der Waals surface area contributed by atoms with Crippen molar-refractivity contribution in [1.29, 1.82) is 0 Å². The van der Waals surface area contributed by atoms with Gasteiger partial charge in [-0.1, -0.05) is 19.3 Å². The van der Waals surface area contributed by atoms with E-state index in [9.17, 15) is 0 Å². The molecule has 16 heavy (non-hydrogen) atoms. The lowest BCUT2D eigenvalue weighted by atomic mass is 9.90. The molecule has 2 fully saturated rings. The summed E-state index contributed by atoms with van der Waals surface area (Å²) in [6.45, 7) is 3.19. The molecule has 0 bridgehead atoms. The Balaban J connectivity index is 1.33. The van der Waals surface area contributed by atoms with E-state index in [2.05, 4.69) is 5.32 Å². The lowest BCUT2D eigenvalue weighted by Crippen LogP contribution is -2.18. The molecular weight excluding hydrogens is 198 g/mol. The van der Waals surface area contributed by atoms with Gasteiger partial charge in [-0.25, -0.2) is 0 Å². The van der Waals surface area contributed by atoms with Crippen LogP contribution in [0.15, 0.2) is 0 Å². The molecule has 2 saturated carbocycles. The predicted octanol–water partition coefficient (Wildman–Crippen LogP) is 3.12. The Morgan fingerprint density at radius 3 is 2.50 bits per heavy atom. The normalized spacial score (nSPS) is 22.5. The first kappa shape index (κ1) is 12.4. The van der Waals surface area contributed by atoms with Crippen LogP contribution in [0.2, 0.25) is 0 Å². The highest BCUT2D eigenvalue weighted by atomic mass is 16.5. The minimum absolute atomic E-state index is 0.864. The molecule has 0 unspecified atom stereocenters. The monoisotopic (exact) mass is 225 g/mol. The number of rotatable bonds is 8. The molecule has 0 amide bonds. The molecule has 2 aliphatic rings. The van der Waals surface area contributed by atoms with Crippen molar-refractivity contribution in [3.05, 3.63) is 0 Å². The Labute approximate surface area is 100 Å². The van der Waals surface area contributed by atoms with Crippen molar-refractivity contribution in [2.24, 2.45) is 5.92 Å². The number of hydrogen-bond acceptors (Lipinski definition) is 2. The molecule has 0 aromatic carbocycles. The molecule has 1 N–H and O–H groups in total. The highest BCUT2D eigenvalue weighted by molar-refractivity contribution is 4.80. The van der Waals surface area contributed by atoms with Crippen molar-refractivity contribution < 1.29 is 4.74 Å². The Bertz CT molecular complexity index is 174. The number of unbranched alkanes of at least 4 members (excludes halogenated alkanes) is 1. The average Bonchev–Trinajstić information content (AvgIpc) is 3.13. The first-order valence-corrected chi connectivity index (χ1v) is 7.26. The van der Waals surface area contributed by atoms with Crippen LogP contribution in [0, 0.1) is 5.92 Å². The van der Waals surface area contributed by atoms with Crippen LogP contribution in [0.5, 0.6) is 0 Å². The lowest BCUT2D eigenvalue weighted by Gasteiger charge is -2.21. The van der Waals surface area contributed by atoms with E-state index in [1.807, 2.05) is 0 Å². The predicted molar refractivity (Wildman–Crippen MR) is 67.7 cm³/mol. The molecule has 2 rings (SSSR count). The maximum atomic E-state index is 5.77. The van der Waals surface area contributed by atoms with Crippen LogP contribution in [0.4, 0.5) is 0 Å². The summed E-state index contributed by atoms with van der Waals surface area (Å²) in [5, 5.41) is 3.54. The van der Waals surface area contributed by atoms with Crippen LogP contribution in [0.3, 0.4) is 0 Å². The fourth-order valence-electron chi connectivity index (χ4n) is 2.53. The second kappa shape index (κ2) is 7.29. The van der Waals surface area contributed by atoms with Crippen LogP contribution in [0.1, 0.15) is 57.8 Å². The SMILES string of the molecule is C1CCC(COCCCCNC2CC2)CC1. The van der Waals surface area contributed by atoms with Gasteiger partial charge in [-0.3, -0.25) is 0 Å². The van der Waals surface area contributed by atoms with E-state index >= 15 is 0 Å². The zero-order valence-corrected chi connectivity index (χ0v) is 10.5. The van der Waals surface area contributed by atoms with Gasteiger partial charge < -0.3 is 10.1 Å². The van der Waals surface area contributed by atoms with Gasteiger partial charge in [0.1, 0.15) is 0 Å². The molecule has 0 aliphatic heterocycles. The van der Waals surface area contributed by atoms with Crippen molar-refractivity contribution in [2.75, 3.05) is 19.8 Å². The second-order valence-electron chi connectivity index (χ2n) is 5.51. The third-order valence-corrected chi connectivity index (χ3v) is 3.80. The van der Waals surface area contributed by atoms with Gasteiger partial charge in [-0.15, -0.1) is 0 Å². The first-order valence-electron chi connectivity index (χ1n) is 7.26. The Morgan fingerprint density at radius 2 is 1.75 bits per heavy atom. The second-order valence-corrected chi connectivity index (χ2v) is 5.51. The summed E-state index contributed by atoms with van der Waals surface area (Å²) in [5.41, 5.74) is 0. The van der Waals surface area contributed by atoms with Crippen LogP contribution >= 0.6 is 0 Å². The van der Waals surface area contributed by atoms with Crippen LogP contribution in [-0.4, -0.2) is 25.8 Å². The van der Waals surface area contributed by atoms with Gasteiger partial charge in [0.05, 0.1) is 0 Å². The third kappa shape index (κ3) is 5.31. The topological polar surface area (TPSA) is 21.3 Å². The number of nitrogens with one attached hydrogen (secondary N) is 1. The molecule has 0 spiro atoms. The third-order valence-electron chi connectivity index (χ3n) is 3.80. The van der Waals surface area contributed by atoms with Crippen molar-refractivity contribution in [1.82, 2.24) is 5.32 Å². The Hall–Kier alpha value is -0.0800. The minimum atomic E-state index is 0.864. The quantitative estimate of drug-likeness (QED) is 0.641. The average molecular weight is 225 g/mol. The molecule has 2 nitrogen and oxygen atoms in total. The van der Waals surface area contributed by atoms with Gasteiger partial charge >= 0.3 is 0 Å². The van der Waals surface area contributed by atoms with Gasteiger partial charge in [0.25, 0.3) is 0 Å². The minimum Gasteiger partial charge on any atom is -0.381 e. The summed E-state index contributed by atoms with van der Waals surface area (Å²) >= 11 is 0. The number of hydrogen-bond donors (Lipinski definition) is 1. The zero-order valence-electron chi connectivity index (χ0n) is 10.5. The summed E-state index contributed by atoms with van der Waals surface area (Å²) in [6, 6.07) is 0.864. The molecular formula is C14H27NO. The molecule has 2 aliphatic carbocycles. The van der Waals surface area contributed by atoms with Crippen molar-refractivity contribution >= 4 is 0 Å². The summed E-state index contributed by atoms with van der Waals surface area (Å²) < 4.78 is 5.77. The van der Waals surface area contributed by atoms with Gasteiger partial charge in [0.2, 0.25) is 0 Å². The molecule has 0 radical (unpaired) electrons. The van der Waals surface area contributed by atoms with Crippen LogP contribution in [-0.2, 0) is 4.74 Å². The summed E-state index contributed by atoms with van der Waals surface area (Å²) in [6.07, 6.45) is 12.4. The molecule has 0 aromatic heterocycles. The van der Waals surface area contributed by atoms with E-state index in [1.54, 1.807) is 0 Å². The van der Waals surface area contributed by atoms with E-state index < -0.39 is 0 Å². The number of ether oxygens (including phenoxy) is 1. The van der Waals surface area contributed by atoms with Gasteiger partial charge in [0.15, 0.2) is 0 Å². The van der Waals surface area contributed by atoms with E-state index in [0.717, 1.165) is 25.2 Å². The van der Waals surface area contributed by atoms with Crippen LogP contribution in [0.25, 0.3) is 0 Å². The van der Waals surface area contributed by atoms with Gasteiger partial charge in [0, 0.05) is 19.3 Å². The van der Waals surface area contributed by atoms with E-state index in [-0.39, 0.29) is 0 Å². The fourth-order valence-corrected chi connectivity index (χ4v) is 2.53. The maximum absolute atomic E-state index is 5.77. The fraction of sp³-hybridized carbons (Fsp3) is 1.00. The Kier molecular flexibility index (Phi) is 5.64. The van der Waals surface area contributed by atoms with Gasteiger partial charge in [-0.05, 0) is 51.0 Å². The maximum Gasteiger partial charge on any atom is 0.0494 e. The molecule has 2 heteroatoms. The summed E-state index contributed by atoms with van der Waals surface area (Å²) in [7, 11) is 0. The van der Waals surface area contributed by atoms with E-state index in [4.69, 9.17) is 4.74 Å². The molecule has 0 atom stereocenters. The zero-order chi connectivity index (χ0) is 11.1. The van der Waals surface area contributed by atoms with Crippen molar-refractivity contribution in [3.63, 3.8) is 0 Å². The first-order chi connectivity index (χ1) is 7.95. The van der Waals surface area contributed by atoms with E-state index in [1.165, 1.54) is 64.3 Å². The van der Waals surface area contributed by atoms with Crippen molar-refractivity contribution in [2.45, 2.75) is 63.8 Å². The molecule has 0 saturated heterocycles. The standard InChI is InChI=1S/C14H27NO/c1-2-6-13(7-3-1)12-16-11-5-4-10-15-14-8-9-14/h13-15H,1-12H2. The van der Waals surface area contributed by atoms with E-state index in [0.29, 0.717) is 0 Å². The lowest BCUT2D eigenvalue weighted by molar-refractivity contribution is 0.0827. The van der Waals surface area contributed by atoms with Gasteiger partial charge in [-0.2, -0.15) is 0 Å². The molecule has 94 valence electrons. The Morgan fingerprint density at radius 1 is 0.938 bits per heavy atom. The highest BCUT2D eigenvalue weighted by Crippen LogP contribution is 2.23. The summed E-state index contributed by atoms with van der Waals surface area (Å²) in [5.74, 6) is 0.873. The molecule has 0 aromatic rings. The van der Waals surface area contributed by atoms with Crippen LogP contribution < -0.4 is 5.32 Å². The largest absolute Gasteiger partial charge is 0.381 e. The molecule has 0 heterocycles. The highest BCUT2D eigenvalue weighted by Gasteiger charge is 2.19. The smallest absolute Gasteiger partial charge is 0.0494 e.